The summed E-state index contributed by atoms with van der Waals surface area (Å²) in [6.07, 6.45) is 6.98. The maximum atomic E-state index is 13.4. The molecule has 1 aliphatic carbocycles. The summed E-state index contributed by atoms with van der Waals surface area (Å²) in [6.45, 7) is 4.77. The molecule has 2 aliphatic rings. The summed E-state index contributed by atoms with van der Waals surface area (Å²) in [6, 6.07) is 11.2. The Labute approximate surface area is 193 Å². The molecule has 0 spiro atoms. The van der Waals surface area contributed by atoms with Crippen LogP contribution in [0.3, 0.4) is 0 Å². The van der Waals surface area contributed by atoms with E-state index in [0.717, 1.165) is 50.3 Å². The molecule has 7 heteroatoms. The van der Waals surface area contributed by atoms with Gasteiger partial charge in [0.05, 0.1) is 23.2 Å². The molecule has 33 heavy (non-hydrogen) atoms. The van der Waals surface area contributed by atoms with Crippen molar-refractivity contribution < 1.29 is 9.53 Å². The number of carbonyl (C=O) groups excluding carboxylic acids is 1. The van der Waals surface area contributed by atoms with Gasteiger partial charge >= 0.3 is 0 Å². The average molecular weight is 447 g/mol. The molecule has 2 heterocycles. The maximum Gasteiger partial charge on any atom is 0.265 e. The second-order valence-corrected chi connectivity index (χ2v) is 9.20. The fourth-order valence-electron chi connectivity index (χ4n) is 4.39. The number of aryl methyl sites for hydroxylation is 1. The van der Waals surface area contributed by atoms with Crippen LogP contribution in [0.4, 0.5) is 0 Å². The molecule has 7 nitrogen and oxygen atoms in total. The normalized spacial score (nSPS) is 17.9. The zero-order valence-electron chi connectivity index (χ0n) is 19.0. The van der Waals surface area contributed by atoms with Crippen LogP contribution in [0.5, 0.6) is 5.75 Å². The average Bonchev–Trinajstić information content (AvgIpc) is 3.48. The highest BCUT2D eigenvalue weighted by Gasteiger charge is 2.24. The topological polar surface area (TPSA) is 85.2 Å². The van der Waals surface area contributed by atoms with Gasteiger partial charge in [0.15, 0.2) is 0 Å². The minimum Gasteiger partial charge on any atom is -0.494 e. The molecule has 1 saturated heterocycles. The van der Waals surface area contributed by atoms with E-state index in [1.807, 2.05) is 25.1 Å². The van der Waals surface area contributed by atoms with Gasteiger partial charge in [0.2, 0.25) is 0 Å². The van der Waals surface area contributed by atoms with Crippen LogP contribution in [0, 0.1) is 12.8 Å². The molecule has 1 amide bonds. The number of nitrogens with one attached hydrogen (secondary N) is 2. The summed E-state index contributed by atoms with van der Waals surface area (Å²) < 4.78 is 7.46. The van der Waals surface area contributed by atoms with Gasteiger partial charge in [0.1, 0.15) is 12.1 Å². The zero-order chi connectivity index (χ0) is 22.8. The second kappa shape index (κ2) is 9.35. The number of hydrogen-bond acceptors (Lipinski definition) is 5. The number of carbonyl (C=O) groups is 1. The van der Waals surface area contributed by atoms with Crippen LogP contribution in [0.25, 0.3) is 16.6 Å². The lowest BCUT2D eigenvalue weighted by molar-refractivity contribution is 0.0951. The summed E-state index contributed by atoms with van der Waals surface area (Å²) in [7, 11) is 0. The predicted octanol–water partition coefficient (Wildman–Crippen LogP) is 3.35. The van der Waals surface area contributed by atoms with Crippen molar-refractivity contribution in [3.63, 3.8) is 0 Å². The number of fused-ring (bicyclic) bond motifs is 1. The SMILES string of the molecule is Cc1ccc(C(=O)NC2CC2)cc1-n1cnc2ccc(OCCCC3CCNC3)cc2c1=O. The summed E-state index contributed by atoms with van der Waals surface area (Å²) >= 11 is 0. The number of hydrogen-bond donors (Lipinski definition) is 2. The Morgan fingerprint density at radius 3 is 2.88 bits per heavy atom. The summed E-state index contributed by atoms with van der Waals surface area (Å²) in [5.74, 6) is 1.31. The first-order valence-corrected chi connectivity index (χ1v) is 11.9. The van der Waals surface area contributed by atoms with Crippen LogP contribution in [0.1, 0.15) is 48.0 Å². The van der Waals surface area contributed by atoms with E-state index in [0.29, 0.717) is 34.5 Å². The van der Waals surface area contributed by atoms with Gasteiger partial charge in [-0.1, -0.05) is 6.07 Å². The maximum absolute atomic E-state index is 13.4. The van der Waals surface area contributed by atoms with Crippen LogP contribution in [-0.2, 0) is 0 Å². The number of benzene rings is 2. The number of rotatable bonds is 8. The molecule has 1 aromatic heterocycles. The van der Waals surface area contributed by atoms with Crippen molar-refractivity contribution in [3.8, 4) is 11.4 Å². The summed E-state index contributed by atoms with van der Waals surface area (Å²) in [4.78, 5) is 30.4. The van der Waals surface area contributed by atoms with Gasteiger partial charge in [-0.3, -0.25) is 14.2 Å². The van der Waals surface area contributed by atoms with Crippen molar-refractivity contribution in [1.29, 1.82) is 0 Å². The molecule has 1 saturated carbocycles. The molecular weight excluding hydrogens is 416 g/mol. The van der Waals surface area contributed by atoms with E-state index in [2.05, 4.69) is 15.6 Å². The van der Waals surface area contributed by atoms with E-state index in [-0.39, 0.29) is 17.5 Å². The highest BCUT2D eigenvalue weighted by molar-refractivity contribution is 5.95. The lowest BCUT2D eigenvalue weighted by Gasteiger charge is -2.13. The third-order valence-corrected chi connectivity index (χ3v) is 6.56. The van der Waals surface area contributed by atoms with Gasteiger partial charge in [-0.25, -0.2) is 4.98 Å². The van der Waals surface area contributed by atoms with Crippen LogP contribution in [-0.4, -0.2) is 41.2 Å². The molecule has 3 aromatic rings. The first kappa shape index (κ1) is 21.6. The van der Waals surface area contributed by atoms with Crippen LogP contribution < -0.4 is 20.9 Å². The quantitative estimate of drug-likeness (QED) is 0.519. The predicted molar refractivity (Wildman–Crippen MR) is 128 cm³/mol. The van der Waals surface area contributed by atoms with Crippen LogP contribution in [0.2, 0.25) is 0 Å². The molecule has 172 valence electrons. The van der Waals surface area contributed by atoms with Gasteiger partial charge in [-0.15, -0.1) is 0 Å². The molecule has 2 fully saturated rings. The highest BCUT2D eigenvalue weighted by atomic mass is 16.5. The van der Waals surface area contributed by atoms with Gasteiger partial charge in [0, 0.05) is 11.6 Å². The smallest absolute Gasteiger partial charge is 0.265 e. The standard InChI is InChI=1S/C26H30N4O3/c1-17-4-5-19(25(31)29-20-6-7-20)13-24(17)30-16-28-23-9-8-21(14-22(23)26(30)32)33-12-2-3-18-10-11-27-15-18/h4-5,8-9,13-14,16,18,20,27H,2-3,6-7,10-12,15H2,1H3,(H,29,31). The highest BCUT2D eigenvalue weighted by Crippen LogP contribution is 2.22. The fraction of sp³-hybridized carbons (Fsp3) is 0.423. The van der Waals surface area contributed by atoms with Gasteiger partial charge in [-0.2, -0.15) is 0 Å². The van der Waals surface area contributed by atoms with Crippen LogP contribution in [0.15, 0.2) is 47.5 Å². The Bertz CT molecular complexity index is 1230. The molecule has 1 aliphatic heterocycles. The minimum atomic E-state index is -0.176. The van der Waals surface area contributed by atoms with E-state index in [1.165, 1.54) is 17.3 Å². The van der Waals surface area contributed by atoms with Crippen molar-refractivity contribution in [1.82, 2.24) is 20.2 Å². The largest absolute Gasteiger partial charge is 0.494 e. The molecule has 1 unspecified atom stereocenters. The van der Waals surface area contributed by atoms with Gasteiger partial charge in [-0.05, 0) is 93.9 Å². The first-order chi connectivity index (χ1) is 16.1. The second-order valence-electron chi connectivity index (χ2n) is 9.20. The fourth-order valence-corrected chi connectivity index (χ4v) is 4.39. The first-order valence-electron chi connectivity index (χ1n) is 11.9. The monoisotopic (exact) mass is 446 g/mol. The summed E-state index contributed by atoms with van der Waals surface area (Å²) in [5, 5.41) is 6.90. The van der Waals surface area contributed by atoms with Crippen LogP contribution >= 0.6 is 0 Å². The van der Waals surface area contributed by atoms with E-state index >= 15 is 0 Å². The Morgan fingerprint density at radius 1 is 1.21 bits per heavy atom. The Kier molecular flexibility index (Phi) is 6.13. The molecule has 1 atom stereocenters. The molecular formula is C26H30N4O3. The minimum absolute atomic E-state index is 0.107. The Balaban J connectivity index is 1.37. The van der Waals surface area contributed by atoms with Gasteiger partial charge < -0.3 is 15.4 Å². The molecule has 2 aromatic carbocycles. The summed E-state index contributed by atoms with van der Waals surface area (Å²) in [5.41, 5.74) is 2.56. The van der Waals surface area contributed by atoms with Crippen molar-refractivity contribution in [3.05, 3.63) is 64.2 Å². The van der Waals surface area contributed by atoms with E-state index in [4.69, 9.17) is 4.74 Å². The van der Waals surface area contributed by atoms with E-state index in [1.54, 1.807) is 18.2 Å². The molecule has 0 radical (unpaired) electrons. The lowest BCUT2D eigenvalue weighted by atomic mass is 10.0. The number of amides is 1. The lowest BCUT2D eigenvalue weighted by Crippen LogP contribution is -2.26. The van der Waals surface area contributed by atoms with Gasteiger partial charge in [0.25, 0.3) is 11.5 Å². The number of nitrogens with zero attached hydrogens (tertiary/aromatic N) is 2. The Hall–Kier alpha value is -3.19. The van der Waals surface area contributed by atoms with E-state index in [9.17, 15) is 9.59 Å². The van der Waals surface area contributed by atoms with Crippen molar-refractivity contribution >= 4 is 16.8 Å². The van der Waals surface area contributed by atoms with E-state index < -0.39 is 0 Å². The molecule has 5 rings (SSSR count). The Morgan fingerprint density at radius 2 is 2.09 bits per heavy atom. The number of aromatic nitrogens is 2. The van der Waals surface area contributed by atoms with Crippen molar-refractivity contribution in [2.75, 3.05) is 19.7 Å². The van der Waals surface area contributed by atoms with Crippen molar-refractivity contribution in [2.45, 2.75) is 45.1 Å². The third-order valence-electron chi connectivity index (χ3n) is 6.56. The van der Waals surface area contributed by atoms with Crippen molar-refractivity contribution in [2.24, 2.45) is 5.92 Å². The number of ether oxygens (including phenoxy) is 1. The zero-order valence-corrected chi connectivity index (χ0v) is 19.0. The molecule has 2 N–H and O–H groups in total. The third kappa shape index (κ3) is 4.93. The molecule has 0 bridgehead atoms.